The van der Waals surface area contributed by atoms with E-state index in [0.717, 1.165) is 0 Å². The lowest BCUT2D eigenvalue weighted by Gasteiger charge is -2.30. The van der Waals surface area contributed by atoms with Crippen molar-refractivity contribution >= 4 is 17.5 Å². The van der Waals surface area contributed by atoms with Gasteiger partial charge in [-0.2, -0.15) is 0 Å². The van der Waals surface area contributed by atoms with Crippen molar-refractivity contribution in [2.75, 3.05) is 19.3 Å². The van der Waals surface area contributed by atoms with Crippen LogP contribution < -0.4 is 11.1 Å². The van der Waals surface area contributed by atoms with Gasteiger partial charge in [0.05, 0.1) is 5.56 Å². The zero-order valence-electron chi connectivity index (χ0n) is 10.6. The predicted molar refractivity (Wildman–Crippen MR) is 68.9 cm³/mol. The van der Waals surface area contributed by atoms with Crippen LogP contribution in [0.3, 0.4) is 0 Å². The van der Waals surface area contributed by atoms with Crippen molar-refractivity contribution in [3.8, 4) is 0 Å². The number of halogens is 1. The van der Waals surface area contributed by atoms with Crippen LogP contribution in [0.25, 0.3) is 0 Å². The number of nitrogen functional groups attached to an aromatic ring is 1. The van der Waals surface area contributed by atoms with Gasteiger partial charge in [-0.3, -0.25) is 9.59 Å². The Balaban J connectivity index is 2.05. The minimum absolute atomic E-state index is 0.0561. The highest BCUT2D eigenvalue weighted by molar-refractivity contribution is 5.95. The second-order valence-corrected chi connectivity index (χ2v) is 4.72. The molecule has 2 rings (SSSR count). The molecule has 1 saturated heterocycles. The maximum atomic E-state index is 13.5. The molecule has 1 aliphatic heterocycles. The van der Waals surface area contributed by atoms with Gasteiger partial charge in [0.15, 0.2) is 0 Å². The van der Waals surface area contributed by atoms with Gasteiger partial charge in [0.25, 0.3) is 5.91 Å². The molecular formula is C13H16FN3O2. The lowest BCUT2D eigenvalue weighted by Crippen LogP contribution is -2.48. The minimum atomic E-state index is -0.605. The molecule has 5 nitrogen and oxygen atoms in total. The molecule has 0 bridgehead atoms. The van der Waals surface area contributed by atoms with Gasteiger partial charge in [-0.15, -0.1) is 0 Å². The quantitative estimate of drug-likeness (QED) is 0.775. The predicted octanol–water partition coefficient (Wildman–Crippen LogP) is 0.758. The number of anilines is 1. The topological polar surface area (TPSA) is 75.4 Å². The second kappa shape index (κ2) is 5.26. The number of hydrogen-bond acceptors (Lipinski definition) is 3. The summed E-state index contributed by atoms with van der Waals surface area (Å²) in [5.41, 5.74) is 5.80. The molecule has 2 amide bonds. The van der Waals surface area contributed by atoms with Gasteiger partial charge in [-0.05, 0) is 24.6 Å². The van der Waals surface area contributed by atoms with Gasteiger partial charge < -0.3 is 16.0 Å². The molecule has 3 N–H and O–H groups in total. The second-order valence-electron chi connectivity index (χ2n) is 4.72. The Morgan fingerprint density at radius 3 is 2.95 bits per heavy atom. The van der Waals surface area contributed by atoms with E-state index in [4.69, 9.17) is 5.73 Å². The van der Waals surface area contributed by atoms with Crippen molar-refractivity contribution in [2.24, 2.45) is 0 Å². The Bertz CT molecular complexity index is 519. The highest BCUT2D eigenvalue weighted by Crippen LogP contribution is 2.14. The number of likely N-dealkylation sites (tertiary alicyclic amines) is 1. The van der Waals surface area contributed by atoms with Crippen molar-refractivity contribution in [1.82, 2.24) is 10.2 Å². The average Bonchev–Trinajstić information content (AvgIpc) is 2.36. The van der Waals surface area contributed by atoms with Crippen LogP contribution in [0.2, 0.25) is 0 Å². The number of piperidine rings is 1. The van der Waals surface area contributed by atoms with Crippen molar-refractivity contribution in [3.63, 3.8) is 0 Å². The molecule has 0 aliphatic carbocycles. The largest absolute Gasteiger partial charge is 0.399 e. The molecule has 1 heterocycles. The third kappa shape index (κ3) is 3.01. The average molecular weight is 265 g/mol. The number of likely N-dealkylation sites (N-methyl/N-ethyl adjacent to an activating group) is 1. The third-order valence-electron chi connectivity index (χ3n) is 3.20. The summed E-state index contributed by atoms with van der Waals surface area (Å²) in [4.78, 5) is 24.9. The van der Waals surface area contributed by atoms with E-state index in [0.29, 0.717) is 25.1 Å². The van der Waals surface area contributed by atoms with E-state index >= 15 is 0 Å². The van der Waals surface area contributed by atoms with Gasteiger partial charge in [0, 0.05) is 31.7 Å². The van der Waals surface area contributed by atoms with E-state index < -0.39 is 11.7 Å². The first-order valence-electron chi connectivity index (χ1n) is 6.07. The standard InChI is InChI=1S/C13H16FN3O2/c1-17-7-9(3-5-12(17)18)16-13(19)10-6-8(15)2-4-11(10)14/h2,4,6,9H,3,5,7,15H2,1H3,(H,16,19). The van der Waals surface area contributed by atoms with Crippen LogP contribution in [-0.4, -0.2) is 36.3 Å². The molecule has 19 heavy (non-hydrogen) atoms. The van der Waals surface area contributed by atoms with E-state index in [2.05, 4.69) is 5.32 Å². The van der Waals surface area contributed by atoms with E-state index in [9.17, 15) is 14.0 Å². The Morgan fingerprint density at radius 2 is 2.26 bits per heavy atom. The fourth-order valence-corrected chi connectivity index (χ4v) is 2.11. The normalized spacial score (nSPS) is 19.4. The number of hydrogen-bond donors (Lipinski definition) is 2. The molecule has 1 aromatic rings. The summed E-state index contributed by atoms with van der Waals surface area (Å²) in [5, 5.41) is 2.73. The minimum Gasteiger partial charge on any atom is -0.399 e. The summed E-state index contributed by atoms with van der Waals surface area (Å²) in [5.74, 6) is -1.05. The molecule has 1 atom stereocenters. The molecular weight excluding hydrogens is 249 g/mol. The van der Waals surface area contributed by atoms with Crippen molar-refractivity contribution in [1.29, 1.82) is 0 Å². The van der Waals surface area contributed by atoms with Gasteiger partial charge in [0.1, 0.15) is 5.82 Å². The molecule has 102 valence electrons. The van der Waals surface area contributed by atoms with Gasteiger partial charge in [-0.25, -0.2) is 4.39 Å². The highest BCUT2D eigenvalue weighted by atomic mass is 19.1. The monoisotopic (exact) mass is 265 g/mol. The van der Waals surface area contributed by atoms with E-state index in [-0.39, 0.29) is 17.5 Å². The van der Waals surface area contributed by atoms with Crippen molar-refractivity contribution < 1.29 is 14.0 Å². The summed E-state index contributed by atoms with van der Waals surface area (Å²) in [6, 6.07) is 3.72. The Kier molecular flexibility index (Phi) is 3.69. The van der Waals surface area contributed by atoms with Crippen LogP contribution in [-0.2, 0) is 4.79 Å². The van der Waals surface area contributed by atoms with E-state index in [1.165, 1.54) is 18.2 Å². The van der Waals surface area contributed by atoms with Crippen LogP contribution in [0.15, 0.2) is 18.2 Å². The number of nitrogens with two attached hydrogens (primary N) is 1. The number of benzene rings is 1. The molecule has 1 unspecified atom stereocenters. The summed E-state index contributed by atoms with van der Waals surface area (Å²) in [7, 11) is 1.68. The zero-order chi connectivity index (χ0) is 14.0. The summed E-state index contributed by atoms with van der Waals surface area (Å²) < 4.78 is 13.5. The van der Waals surface area contributed by atoms with Crippen LogP contribution in [0, 0.1) is 5.82 Å². The van der Waals surface area contributed by atoms with E-state index in [1.807, 2.05) is 0 Å². The summed E-state index contributed by atoms with van der Waals surface area (Å²) in [6.07, 6.45) is 0.958. The van der Waals surface area contributed by atoms with Gasteiger partial charge >= 0.3 is 0 Å². The fraction of sp³-hybridized carbons (Fsp3) is 0.385. The first-order chi connectivity index (χ1) is 8.97. The van der Waals surface area contributed by atoms with Crippen LogP contribution in [0.4, 0.5) is 10.1 Å². The number of nitrogens with zero attached hydrogens (tertiary/aromatic N) is 1. The van der Waals surface area contributed by atoms with E-state index in [1.54, 1.807) is 11.9 Å². The molecule has 0 aromatic heterocycles. The molecule has 0 radical (unpaired) electrons. The van der Waals surface area contributed by atoms with Crippen LogP contribution in [0.5, 0.6) is 0 Å². The Morgan fingerprint density at radius 1 is 1.53 bits per heavy atom. The SMILES string of the molecule is CN1CC(NC(=O)c2cc(N)ccc2F)CCC1=O. The zero-order valence-corrected chi connectivity index (χ0v) is 10.6. The van der Waals surface area contributed by atoms with Crippen molar-refractivity contribution in [3.05, 3.63) is 29.6 Å². The van der Waals surface area contributed by atoms with Crippen LogP contribution >= 0.6 is 0 Å². The third-order valence-corrected chi connectivity index (χ3v) is 3.20. The van der Waals surface area contributed by atoms with Crippen LogP contribution in [0.1, 0.15) is 23.2 Å². The first-order valence-corrected chi connectivity index (χ1v) is 6.07. The summed E-state index contributed by atoms with van der Waals surface area (Å²) in [6.45, 7) is 0.439. The number of nitrogens with one attached hydrogen (secondary N) is 1. The van der Waals surface area contributed by atoms with Gasteiger partial charge in [-0.1, -0.05) is 0 Å². The highest BCUT2D eigenvalue weighted by Gasteiger charge is 2.25. The first kappa shape index (κ1) is 13.3. The Hall–Kier alpha value is -2.11. The molecule has 1 aromatic carbocycles. The lowest BCUT2D eigenvalue weighted by atomic mass is 10.0. The van der Waals surface area contributed by atoms with Crippen molar-refractivity contribution in [2.45, 2.75) is 18.9 Å². The Labute approximate surface area is 110 Å². The molecule has 0 spiro atoms. The molecule has 1 fully saturated rings. The molecule has 1 aliphatic rings. The number of carbonyl (C=O) groups is 2. The number of carbonyl (C=O) groups excluding carboxylic acids is 2. The maximum Gasteiger partial charge on any atom is 0.254 e. The number of amides is 2. The van der Waals surface area contributed by atoms with Gasteiger partial charge in [0.2, 0.25) is 5.91 Å². The maximum absolute atomic E-state index is 13.5. The lowest BCUT2D eigenvalue weighted by molar-refractivity contribution is -0.132. The number of rotatable bonds is 2. The molecule has 0 saturated carbocycles. The molecule has 6 heteroatoms. The summed E-state index contributed by atoms with van der Waals surface area (Å²) >= 11 is 0. The smallest absolute Gasteiger partial charge is 0.254 e. The fourth-order valence-electron chi connectivity index (χ4n) is 2.11.